The molecule has 1 amide bonds. The molecular weight excluding hydrogens is 448 g/mol. The molecule has 1 aromatic heterocycles. The van der Waals surface area contributed by atoms with Gasteiger partial charge in [-0.1, -0.05) is 18.2 Å². The van der Waals surface area contributed by atoms with Crippen molar-refractivity contribution in [2.75, 3.05) is 31.9 Å². The Hall–Kier alpha value is -4.50. The van der Waals surface area contributed by atoms with E-state index < -0.39 is 5.97 Å². The van der Waals surface area contributed by atoms with E-state index >= 15 is 0 Å². The van der Waals surface area contributed by atoms with Crippen molar-refractivity contribution in [2.45, 2.75) is 6.61 Å². The first-order valence-electron chi connectivity index (χ1n) is 10.7. The fraction of sp³-hybridized carbons (Fsp3) is 0.154. The van der Waals surface area contributed by atoms with Gasteiger partial charge in [0.25, 0.3) is 5.91 Å². The number of fused-ring (bicyclic) bond motifs is 1. The van der Waals surface area contributed by atoms with Gasteiger partial charge < -0.3 is 25.2 Å². The number of nitrogens with one attached hydrogen (secondary N) is 2. The number of methoxy groups -OCH3 is 2. The highest BCUT2D eigenvalue weighted by Crippen LogP contribution is 2.33. The van der Waals surface area contributed by atoms with E-state index in [0.717, 1.165) is 10.9 Å². The second kappa shape index (κ2) is 10.2. The minimum Gasteiger partial charge on any atom is -0.496 e. The molecule has 3 N–H and O–H groups in total. The van der Waals surface area contributed by atoms with Crippen LogP contribution < -0.4 is 15.4 Å². The Bertz CT molecular complexity index is 1420. The molecule has 0 saturated carbocycles. The second-order valence-corrected chi connectivity index (χ2v) is 7.59. The molecule has 178 valence electrons. The average molecular weight is 473 g/mol. The van der Waals surface area contributed by atoms with Gasteiger partial charge in [-0.05, 0) is 36.4 Å². The maximum Gasteiger partial charge on any atom is 0.337 e. The zero-order valence-electron chi connectivity index (χ0n) is 19.5. The summed E-state index contributed by atoms with van der Waals surface area (Å²) in [5.41, 5.74) is 3.77. The summed E-state index contributed by atoms with van der Waals surface area (Å²) in [6.07, 6.45) is 0. The lowest BCUT2D eigenvalue weighted by atomic mass is 10.0. The van der Waals surface area contributed by atoms with Crippen LogP contribution in [0.25, 0.3) is 22.2 Å². The lowest BCUT2D eigenvalue weighted by Crippen LogP contribution is -2.13. The van der Waals surface area contributed by atoms with Crippen molar-refractivity contribution in [3.05, 3.63) is 77.4 Å². The van der Waals surface area contributed by atoms with Gasteiger partial charge >= 0.3 is 5.97 Å². The van der Waals surface area contributed by atoms with Gasteiger partial charge in [0.1, 0.15) is 5.75 Å². The number of aliphatic hydroxyl groups excluding tert-OH is 1. The first kappa shape index (κ1) is 23.7. The molecule has 3 aromatic carbocycles. The summed E-state index contributed by atoms with van der Waals surface area (Å²) in [7, 11) is 4.55. The molecule has 9 heteroatoms. The largest absolute Gasteiger partial charge is 0.496 e. The maximum atomic E-state index is 12.9. The van der Waals surface area contributed by atoms with Crippen LogP contribution in [0.1, 0.15) is 26.3 Å². The number of hydrogen-bond donors (Lipinski definition) is 3. The lowest BCUT2D eigenvalue weighted by molar-refractivity contribution is 0.0600. The fourth-order valence-electron chi connectivity index (χ4n) is 3.70. The lowest BCUT2D eigenvalue weighted by Gasteiger charge is -2.13. The zero-order valence-corrected chi connectivity index (χ0v) is 19.5. The topological polar surface area (TPSA) is 123 Å². The summed E-state index contributed by atoms with van der Waals surface area (Å²) in [6, 6.07) is 17.1. The quantitative estimate of drug-likeness (QED) is 0.347. The summed E-state index contributed by atoms with van der Waals surface area (Å²) in [5.74, 6) is 0.0578. The third-order valence-electron chi connectivity index (χ3n) is 5.43. The number of nitrogens with zero attached hydrogens (tertiary/aromatic N) is 2. The molecule has 0 saturated heterocycles. The van der Waals surface area contributed by atoms with E-state index in [4.69, 9.17) is 9.47 Å². The van der Waals surface area contributed by atoms with Crippen LogP contribution in [0, 0.1) is 0 Å². The van der Waals surface area contributed by atoms with Crippen molar-refractivity contribution in [1.82, 2.24) is 9.97 Å². The van der Waals surface area contributed by atoms with Crippen LogP contribution in [0.15, 0.2) is 60.7 Å². The predicted molar refractivity (Wildman–Crippen MR) is 133 cm³/mol. The van der Waals surface area contributed by atoms with Gasteiger partial charge in [0, 0.05) is 40.9 Å². The number of esters is 1. The van der Waals surface area contributed by atoms with Crippen LogP contribution in [0.4, 0.5) is 11.6 Å². The van der Waals surface area contributed by atoms with Gasteiger partial charge in [0.15, 0.2) is 0 Å². The number of hydrogen-bond acceptors (Lipinski definition) is 8. The first-order valence-corrected chi connectivity index (χ1v) is 10.7. The maximum absolute atomic E-state index is 12.9. The first-order chi connectivity index (χ1) is 17.0. The van der Waals surface area contributed by atoms with Crippen LogP contribution in [0.5, 0.6) is 5.75 Å². The van der Waals surface area contributed by atoms with Gasteiger partial charge in [-0.15, -0.1) is 0 Å². The summed E-state index contributed by atoms with van der Waals surface area (Å²) in [6.45, 7) is -0.201. The molecule has 0 aliphatic carbocycles. The van der Waals surface area contributed by atoms with Gasteiger partial charge in [0.05, 0.1) is 37.6 Å². The SMILES string of the molecule is CNc1nc(-c2cccc(NC(=O)c3cccc(C(=O)OC)c3)c2)c2cc(CO)c(OC)cc2n1. The van der Waals surface area contributed by atoms with Gasteiger partial charge in [-0.3, -0.25) is 4.79 Å². The van der Waals surface area contributed by atoms with E-state index in [1.807, 2.05) is 6.07 Å². The highest BCUT2D eigenvalue weighted by atomic mass is 16.5. The molecule has 1 heterocycles. The molecule has 0 aliphatic rings. The highest BCUT2D eigenvalue weighted by molar-refractivity contribution is 6.06. The Kier molecular flexibility index (Phi) is 6.88. The van der Waals surface area contributed by atoms with E-state index in [0.29, 0.717) is 39.7 Å². The molecule has 0 radical (unpaired) electrons. The molecule has 0 aliphatic heterocycles. The van der Waals surface area contributed by atoms with Crippen molar-refractivity contribution >= 4 is 34.4 Å². The molecule has 0 bridgehead atoms. The molecule has 0 atom stereocenters. The number of amides is 1. The number of aromatic nitrogens is 2. The summed E-state index contributed by atoms with van der Waals surface area (Å²) < 4.78 is 10.1. The average Bonchev–Trinajstić information content (AvgIpc) is 2.91. The Labute approximate surface area is 201 Å². The number of carbonyl (C=O) groups excluding carboxylic acids is 2. The minimum atomic E-state index is -0.517. The Morgan fingerprint density at radius 2 is 1.74 bits per heavy atom. The Morgan fingerprint density at radius 1 is 0.971 bits per heavy atom. The number of rotatable bonds is 7. The van der Waals surface area contributed by atoms with E-state index in [9.17, 15) is 14.7 Å². The summed E-state index contributed by atoms with van der Waals surface area (Å²) in [4.78, 5) is 33.8. The van der Waals surface area contributed by atoms with Crippen LogP contribution in [0.2, 0.25) is 0 Å². The standard InChI is InChI=1S/C26H24N4O5/c1-27-26-29-21-13-22(34-2)18(14-31)12-20(21)23(30-26)15-6-5-9-19(11-15)28-24(32)16-7-4-8-17(10-16)25(33)35-3/h4-13,31H,14H2,1-3H3,(H,28,32)(H,27,29,30). The molecule has 9 nitrogen and oxygen atoms in total. The number of anilines is 2. The van der Waals surface area contributed by atoms with Crippen LogP contribution in [-0.4, -0.2) is 48.2 Å². The van der Waals surface area contributed by atoms with Crippen LogP contribution in [0.3, 0.4) is 0 Å². The number of benzene rings is 3. The number of ether oxygens (including phenoxy) is 2. The zero-order chi connectivity index (χ0) is 24.9. The predicted octanol–water partition coefficient (Wildman–Crippen LogP) is 3.88. The third kappa shape index (κ3) is 4.90. The van der Waals surface area contributed by atoms with Crippen molar-refractivity contribution in [1.29, 1.82) is 0 Å². The fourth-order valence-corrected chi connectivity index (χ4v) is 3.70. The molecule has 4 rings (SSSR count). The van der Waals surface area contributed by atoms with Crippen molar-refractivity contribution in [2.24, 2.45) is 0 Å². The number of carbonyl (C=O) groups is 2. The molecule has 0 spiro atoms. The van der Waals surface area contributed by atoms with Crippen molar-refractivity contribution < 1.29 is 24.2 Å². The Balaban J connectivity index is 1.73. The van der Waals surface area contributed by atoms with E-state index in [1.54, 1.807) is 55.6 Å². The molecule has 0 unspecified atom stereocenters. The summed E-state index contributed by atoms with van der Waals surface area (Å²) in [5, 5.41) is 16.3. The van der Waals surface area contributed by atoms with Crippen LogP contribution in [-0.2, 0) is 11.3 Å². The Morgan fingerprint density at radius 3 is 2.46 bits per heavy atom. The van der Waals surface area contributed by atoms with E-state index in [-0.39, 0.29) is 18.1 Å². The van der Waals surface area contributed by atoms with Gasteiger partial charge in [-0.25, -0.2) is 14.8 Å². The monoisotopic (exact) mass is 472 g/mol. The van der Waals surface area contributed by atoms with E-state index in [1.165, 1.54) is 20.3 Å². The van der Waals surface area contributed by atoms with Gasteiger partial charge in [-0.2, -0.15) is 0 Å². The third-order valence-corrected chi connectivity index (χ3v) is 5.43. The summed E-state index contributed by atoms with van der Waals surface area (Å²) >= 11 is 0. The molecule has 0 fully saturated rings. The number of aliphatic hydroxyl groups is 1. The highest BCUT2D eigenvalue weighted by Gasteiger charge is 2.15. The van der Waals surface area contributed by atoms with Crippen molar-refractivity contribution in [3.8, 4) is 17.0 Å². The van der Waals surface area contributed by atoms with E-state index in [2.05, 4.69) is 20.6 Å². The van der Waals surface area contributed by atoms with Crippen LogP contribution >= 0.6 is 0 Å². The minimum absolute atomic E-state index is 0.201. The normalized spacial score (nSPS) is 10.6. The smallest absolute Gasteiger partial charge is 0.337 e. The second-order valence-electron chi connectivity index (χ2n) is 7.59. The molecular formula is C26H24N4O5. The molecule has 35 heavy (non-hydrogen) atoms. The van der Waals surface area contributed by atoms with Crippen molar-refractivity contribution in [3.63, 3.8) is 0 Å². The molecule has 4 aromatic rings. The van der Waals surface area contributed by atoms with Gasteiger partial charge in [0.2, 0.25) is 5.95 Å².